The quantitative estimate of drug-likeness (QED) is 0.684. The van der Waals surface area contributed by atoms with Gasteiger partial charge in [-0.25, -0.2) is 15.0 Å². The molecule has 1 fully saturated rings. The van der Waals surface area contributed by atoms with Crippen LogP contribution in [0.3, 0.4) is 0 Å². The first kappa shape index (κ1) is 15.1. The van der Waals surface area contributed by atoms with Gasteiger partial charge in [0.25, 0.3) is 0 Å². The number of aromatic nitrogens is 3. The second-order valence-corrected chi connectivity index (χ2v) is 5.49. The van der Waals surface area contributed by atoms with E-state index in [1.165, 1.54) is 6.33 Å². The summed E-state index contributed by atoms with van der Waals surface area (Å²) in [7, 11) is 0. The number of piperidine rings is 1. The highest BCUT2D eigenvalue weighted by atomic mass is 16.6. The number of anilines is 3. The second-order valence-electron chi connectivity index (χ2n) is 5.49. The summed E-state index contributed by atoms with van der Waals surface area (Å²) in [5, 5.41) is 14.5. The average molecular weight is 314 g/mol. The molecule has 2 aromatic heterocycles. The highest BCUT2D eigenvalue weighted by molar-refractivity contribution is 5.73. The van der Waals surface area contributed by atoms with Gasteiger partial charge < -0.3 is 10.2 Å². The number of nitrogens with one attached hydrogen (secondary N) is 1. The Morgan fingerprint density at radius 2 is 2.00 bits per heavy atom. The van der Waals surface area contributed by atoms with Gasteiger partial charge in [-0.1, -0.05) is 6.07 Å². The average Bonchev–Trinajstić information content (AvgIpc) is 2.55. The van der Waals surface area contributed by atoms with Crippen molar-refractivity contribution in [2.24, 2.45) is 0 Å². The zero-order valence-corrected chi connectivity index (χ0v) is 12.9. The molecule has 0 unspecified atom stereocenters. The monoisotopic (exact) mass is 314 g/mol. The van der Waals surface area contributed by atoms with Crippen LogP contribution in [0.5, 0.6) is 0 Å². The van der Waals surface area contributed by atoms with E-state index in [9.17, 15) is 10.1 Å². The van der Waals surface area contributed by atoms with Crippen molar-refractivity contribution < 1.29 is 4.92 Å². The van der Waals surface area contributed by atoms with Gasteiger partial charge in [0.1, 0.15) is 12.1 Å². The minimum absolute atomic E-state index is 0.0993. The normalized spacial score (nSPS) is 14.6. The van der Waals surface area contributed by atoms with Crippen molar-refractivity contribution in [1.29, 1.82) is 0 Å². The standard InChI is InChI=1S/C15H18N6O2/c1-11-6-5-7-12(18-11)19-14-13(21(22)23)15(17-10-16-14)20-8-3-2-4-9-20/h5-7,10H,2-4,8-9H2,1H3,(H,16,17,18,19). The third-order valence-corrected chi connectivity index (χ3v) is 3.78. The number of rotatable bonds is 4. The maximum atomic E-state index is 11.6. The fourth-order valence-corrected chi connectivity index (χ4v) is 2.70. The Balaban J connectivity index is 1.97. The molecular weight excluding hydrogens is 296 g/mol. The van der Waals surface area contributed by atoms with Crippen molar-refractivity contribution in [3.05, 3.63) is 40.3 Å². The highest BCUT2D eigenvalue weighted by Gasteiger charge is 2.28. The van der Waals surface area contributed by atoms with Crippen LogP contribution < -0.4 is 10.2 Å². The molecule has 23 heavy (non-hydrogen) atoms. The van der Waals surface area contributed by atoms with Crippen LogP contribution in [0.4, 0.5) is 23.1 Å². The zero-order valence-electron chi connectivity index (χ0n) is 12.9. The van der Waals surface area contributed by atoms with E-state index in [0.717, 1.165) is 38.0 Å². The molecule has 2 aromatic rings. The van der Waals surface area contributed by atoms with Crippen LogP contribution in [-0.4, -0.2) is 33.0 Å². The van der Waals surface area contributed by atoms with E-state index in [1.54, 1.807) is 6.07 Å². The van der Waals surface area contributed by atoms with Crippen LogP contribution in [0.1, 0.15) is 25.0 Å². The second kappa shape index (κ2) is 6.55. The van der Waals surface area contributed by atoms with Crippen molar-refractivity contribution >= 4 is 23.1 Å². The van der Waals surface area contributed by atoms with Gasteiger partial charge in [0.05, 0.1) is 4.92 Å². The molecule has 1 N–H and O–H groups in total. The Kier molecular flexibility index (Phi) is 4.31. The summed E-state index contributed by atoms with van der Waals surface area (Å²) < 4.78 is 0. The van der Waals surface area contributed by atoms with Crippen LogP contribution in [-0.2, 0) is 0 Å². The van der Waals surface area contributed by atoms with Crippen LogP contribution in [0.25, 0.3) is 0 Å². The molecule has 0 aromatic carbocycles. The molecule has 0 amide bonds. The minimum atomic E-state index is -0.429. The number of aryl methyl sites for hydroxylation is 1. The first-order valence-electron chi connectivity index (χ1n) is 7.60. The van der Waals surface area contributed by atoms with Gasteiger partial charge in [-0.3, -0.25) is 10.1 Å². The van der Waals surface area contributed by atoms with Gasteiger partial charge in [0.2, 0.25) is 11.6 Å². The summed E-state index contributed by atoms with van der Waals surface area (Å²) in [5.41, 5.74) is 0.723. The highest BCUT2D eigenvalue weighted by Crippen LogP contribution is 2.34. The van der Waals surface area contributed by atoms with Crippen LogP contribution >= 0.6 is 0 Å². The maximum Gasteiger partial charge on any atom is 0.353 e. The van der Waals surface area contributed by atoms with Gasteiger partial charge in [-0.15, -0.1) is 0 Å². The van der Waals surface area contributed by atoms with E-state index in [0.29, 0.717) is 11.6 Å². The van der Waals surface area contributed by atoms with Crippen LogP contribution in [0.2, 0.25) is 0 Å². The van der Waals surface area contributed by atoms with E-state index in [4.69, 9.17) is 0 Å². The van der Waals surface area contributed by atoms with Gasteiger partial charge in [-0.2, -0.15) is 0 Å². The fourth-order valence-electron chi connectivity index (χ4n) is 2.70. The molecule has 8 nitrogen and oxygen atoms in total. The van der Waals surface area contributed by atoms with E-state index in [2.05, 4.69) is 20.3 Å². The smallest absolute Gasteiger partial charge is 0.351 e. The molecule has 1 aliphatic rings. The molecule has 0 spiro atoms. The predicted octanol–water partition coefficient (Wildman–Crippen LogP) is 2.82. The van der Waals surface area contributed by atoms with Crippen molar-refractivity contribution in [1.82, 2.24) is 15.0 Å². The van der Waals surface area contributed by atoms with Crippen molar-refractivity contribution in [3.63, 3.8) is 0 Å². The molecule has 1 saturated heterocycles. The Hall–Kier alpha value is -2.77. The van der Waals surface area contributed by atoms with Gasteiger partial charge >= 0.3 is 5.69 Å². The summed E-state index contributed by atoms with van der Waals surface area (Å²) in [6.07, 6.45) is 4.54. The lowest BCUT2D eigenvalue weighted by Crippen LogP contribution is -2.31. The molecule has 0 atom stereocenters. The maximum absolute atomic E-state index is 11.6. The molecule has 1 aliphatic heterocycles. The third-order valence-electron chi connectivity index (χ3n) is 3.78. The molecule has 0 aliphatic carbocycles. The number of nitrogens with zero attached hydrogens (tertiary/aromatic N) is 5. The van der Waals surface area contributed by atoms with Crippen LogP contribution in [0, 0.1) is 17.0 Å². The largest absolute Gasteiger partial charge is 0.353 e. The molecule has 0 radical (unpaired) electrons. The van der Waals surface area contributed by atoms with E-state index >= 15 is 0 Å². The first-order valence-corrected chi connectivity index (χ1v) is 7.60. The summed E-state index contributed by atoms with van der Waals surface area (Å²) in [6, 6.07) is 5.45. The Morgan fingerprint density at radius 1 is 1.22 bits per heavy atom. The molecule has 3 heterocycles. The minimum Gasteiger partial charge on any atom is -0.351 e. The molecular formula is C15H18N6O2. The summed E-state index contributed by atoms with van der Waals surface area (Å²) >= 11 is 0. The van der Waals surface area contributed by atoms with E-state index in [-0.39, 0.29) is 11.5 Å². The number of hydrogen-bond acceptors (Lipinski definition) is 7. The number of hydrogen-bond donors (Lipinski definition) is 1. The van der Waals surface area contributed by atoms with Gasteiger partial charge in [0, 0.05) is 18.8 Å². The lowest BCUT2D eigenvalue weighted by molar-refractivity contribution is -0.383. The first-order chi connectivity index (χ1) is 11.1. The summed E-state index contributed by atoms with van der Waals surface area (Å²) in [4.78, 5) is 25.6. The van der Waals surface area contributed by atoms with Crippen molar-refractivity contribution in [2.45, 2.75) is 26.2 Å². The molecule has 0 bridgehead atoms. The Morgan fingerprint density at radius 3 is 2.70 bits per heavy atom. The predicted molar refractivity (Wildman–Crippen MR) is 87.0 cm³/mol. The lowest BCUT2D eigenvalue weighted by atomic mass is 10.1. The fraction of sp³-hybridized carbons (Fsp3) is 0.400. The van der Waals surface area contributed by atoms with Crippen molar-refractivity contribution in [2.75, 3.05) is 23.3 Å². The Labute approximate surface area is 133 Å². The third kappa shape index (κ3) is 3.36. The van der Waals surface area contributed by atoms with Crippen molar-refractivity contribution in [3.8, 4) is 0 Å². The Bertz CT molecular complexity index is 715. The zero-order chi connectivity index (χ0) is 16.2. The summed E-state index contributed by atoms with van der Waals surface area (Å²) in [6.45, 7) is 3.42. The summed E-state index contributed by atoms with van der Waals surface area (Å²) in [5.74, 6) is 1.07. The lowest BCUT2D eigenvalue weighted by Gasteiger charge is -2.27. The van der Waals surface area contributed by atoms with Gasteiger partial charge in [0.15, 0.2) is 0 Å². The van der Waals surface area contributed by atoms with E-state index < -0.39 is 4.92 Å². The molecule has 120 valence electrons. The SMILES string of the molecule is Cc1cccc(Nc2ncnc(N3CCCCC3)c2[N+](=O)[O-])n1. The number of pyridine rings is 1. The van der Waals surface area contributed by atoms with Gasteiger partial charge in [-0.05, 0) is 38.3 Å². The van der Waals surface area contributed by atoms with E-state index in [1.807, 2.05) is 24.0 Å². The topological polar surface area (TPSA) is 97.1 Å². The molecule has 0 saturated carbocycles. The molecule has 3 rings (SSSR count). The number of nitro groups is 1. The molecule has 8 heteroatoms. The van der Waals surface area contributed by atoms with Crippen LogP contribution in [0.15, 0.2) is 24.5 Å².